The zero-order chi connectivity index (χ0) is 16.7. The van der Waals surface area contributed by atoms with Crippen molar-refractivity contribution in [3.63, 3.8) is 0 Å². The summed E-state index contributed by atoms with van der Waals surface area (Å²) in [7, 11) is 0. The summed E-state index contributed by atoms with van der Waals surface area (Å²) < 4.78 is 15.6. The summed E-state index contributed by atoms with van der Waals surface area (Å²) in [6, 6.07) is 4.07. The molecule has 6 nitrogen and oxygen atoms in total. The lowest BCUT2D eigenvalue weighted by molar-refractivity contribution is -0.123. The molecule has 0 saturated carbocycles. The van der Waals surface area contributed by atoms with Crippen molar-refractivity contribution in [1.82, 2.24) is 9.55 Å². The SMILES string of the molecule is O=C1CC(C(=O)Nc2cnc3n2CCCC3)c2cc(F)ccc2N1. The smallest absolute Gasteiger partial charge is 0.233 e. The molecule has 0 fully saturated rings. The highest BCUT2D eigenvalue weighted by Gasteiger charge is 2.31. The standard InChI is InChI=1S/C17H17FN4O2/c18-10-4-5-13-11(7-10)12(8-16(23)20-13)17(24)21-15-9-19-14-3-1-2-6-22(14)15/h4-5,7,9,12H,1-3,6,8H2,(H,20,23)(H,21,24). The van der Waals surface area contributed by atoms with Crippen LogP contribution in [0.1, 0.15) is 36.6 Å². The number of benzene rings is 1. The highest BCUT2D eigenvalue weighted by atomic mass is 19.1. The van der Waals surface area contributed by atoms with Gasteiger partial charge in [-0.1, -0.05) is 0 Å². The largest absolute Gasteiger partial charge is 0.326 e. The number of aryl methyl sites for hydroxylation is 1. The Kier molecular flexibility index (Phi) is 3.55. The Hall–Kier alpha value is -2.70. The van der Waals surface area contributed by atoms with Gasteiger partial charge in [0.1, 0.15) is 17.5 Å². The van der Waals surface area contributed by atoms with E-state index in [0.717, 1.165) is 31.6 Å². The van der Waals surface area contributed by atoms with Gasteiger partial charge in [0.2, 0.25) is 11.8 Å². The zero-order valence-corrected chi connectivity index (χ0v) is 13.0. The van der Waals surface area contributed by atoms with Crippen LogP contribution < -0.4 is 10.6 Å². The molecule has 0 radical (unpaired) electrons. The van der Waals surface area contributed by atoms with E-state index in [2.05, 4.69) is 15.6 Å². The second-order valence-corrected chi connectivity index (χ2v) is 6.19. The van der Waals surface area contributed by atoms with Crippen molar-refractivity contribution >= 4 is 23.3 Å². The molecule has 0 bridgehead atoms. The first-order valence-corrected chi connectivity index (χ1v) is 8.06. The van der Waals surface area contributed by atoms with Gasteiger partial charge in [-0.25, -0.2) is 9.37 Å². The fraction of sp³-hybridized carbons (Fsp3) is 0.353. The van der Waals surface area contributed by atoms with Gasteiger partial charge in [-0.2, -0.15) is 0 Å². The van der Waals surface area contributed by atoms with E-state index in [-0.39, 0.29) is 18.2 Å². The molecule has 124 valence electrons. The predicted molar refractivity (Wildman–Crippen MR) is 86.2 cm³/mol. The minimum Gasteiger partial charge on any atom is -0.326 e. The second-order valence-electron chi connectivity index (χ2n) is 6.19. The van der Waals surface area contributed by atoms with E-state index in [9.17, 15) is 14.0 Å². The molecule has 1 atom stereocenters. The number of aromatic nitrogens is 2. The predicted octanol–water partition coefficient (Wildman–Crippen LogP) is 2.42. The average molecular weight is 328 g/mol. The number of carbonyl (C=O) groups excluding carboxylic acids is 2. The number of carbonyl (C=O) groups is 2. The van der Waals surface area contributed by atoms with Crippen molar-refractivity contribution in [3.05, 3.63) is 41.6 Å². The third-order valence-corrected chi connectivity index (χ3v) is 4.59. The van der Waals surface area contributed by atoms with Crippen molar-refractivity contribution < 1.29 is 14.0 Å². The lowest BCUT2D eigenvalue weighted by atomic mass is 9.89. The first-order valence-electron chi connectivity index (χ1n) is 8.06. The van der Waals surface area contributed by atoms with Crippen molar-refractivity contribution in [2.45, 2.75) is 38.1 Å². The van der Waals surface area contributed by atoms with Crippen molar-refractivity contribution in [3.8, 4) is 0 Å². The van der Waals surface area contributed by atoms with Gasteiger partial charge in [-0.3, -0.25) is 9.59 Å². The summed E-state index contributed by atoms with van der Waals surface area (Å²) in [6.07, 6.45) is 4.69. The molecule has 2 aliphatic rings. The van der Waals surface area contributed by atoms with Crippen LogP contribution in [0.5, 0.6) is 0 Å². The maximum atomic E-state index is 13.6. The highest BCUT2D eigenvalue weighted by Crippen LogP contribution is 2.34. The summed E-state index contributed by atoms with van der Waals surface area (Å²) in [5.41, 5.74) is 0.994. The highest BCUT2D eigenvalue weighted by molar-refractivity contribution is 6.04. The van der Waals surface area contributed by atoms with Gasteiger partial charge in [-0.05, 0) is 36.6 Å². The first kappa shape index (κ1) is 14.9. The molecule has 3 heterocycles. The Bertz CT molecular complexity index is 830. The van der Waals surface area contributed by atoms with Gasteiger partial charge < -0.3 is 15.2 Å². The fourth-order valence-corrected chi connectivity index (χ4v) is 3.40. The molecule has 24 heavy (non-hydrogen) atoms. The van der Waals surface area contributed by atoms with Gasteiger partial charge in [0, 0.05) is 25.1 Å². The van der Waals surface area contributed by atoms with E-state index in [1.165, 1.54) is 18.2 Å². The minimum absolute atomic E-state index is 0.00325. The Labute approximate surface area is 138 Å². The summed E-state index contributed by atoms with van der Waals surface area (Å²) in [5, 5.41) is 5.54. The molecule has 2 aliphatic heterocycles. The molecule has 2 aromatic rings. The minimum atomic E-state index is -0.709. The summed E-state index contributed by atoms with van der Waals surface area (Å²) >= 11 is 0. The number of anilines is 2. The molecule has 1 aromatic heterocycles. The topological polar surface area (TPSA) is 76.0 Å². The Morgan fingerprint density at radius 1 is 1.38 bits per heavy atom. The van der Waals surface area contributed by atoms with Gasteiger partial charge in [0.15, 0.2) is 0 Å². The van der Waals surface area contributed by atoms with E-state index >= 15 is 0 Å². The summed E-state index contributed by atoms with van der Waals surface area (Å²) in [4.78, 5) is 28.9. The lowest BCUT2D eigenvalue weighted by Crippen LogP contribution is -2.31. The number of nitrogens with zero attached hydrogens (tertiary/aromatic N) is 2. The third-order valence-electron chi connectivity index (χ3n) is 4.59. The van der Waals surface area contributed by atoms with Crippen LogP contribution in [0.15, 0.2) is 24.4 Å². The van der Waals surface area contributed by atoms with Crippen molar-refractivity contribution in [1.29, 1.82) is 0 Å². The summed E-state index contributed by atoms with van der Waals surface area (Å²) in [5.74, 6) is -0.0961. The molecule has 4 rings (SSSR count). The van der Waals surface area contributed by atoms with E-state index in [1.807, 2.05) is 4.57 Å². The van der Waals surface area contributed by atoms with Crippen molar-refractivity contribution in [2.75, 3.05) is 10.6 Å². The van der Waals surface area contributed by atoms with E-state index in [1.54, 1.807) is 6.20 Å². The lowest BCUT2D eigenvalue weighted by Gasteiger charge is -2.25. The Morgan fingerprint density at radius 3 is 3.12 bits per heavy atom. The first-order chi connectivity index (χ1) is 11.6. The van der Waals surface area contributed by atoms with Gasteiger partial charge in [0.25, 0.3) is 0 Å². The van der Waals surface area contributed by atoms with Crippen molar-refractivity contribution in [2.24, 2.45) is 0 Å². The number of fused-ring (bicyclic) bond motifs is 2. The molecule has 2 amide bonds. The molecule has 2 N–H and O–H groups in total. The second kappa shape index (κ2) is 5.74. The molecule has 0 aliphatic carbocycles. The van der Waals surface area contributed by atoms with Crippen LogP contribution in [-0.2, 0) is 22.6 Å². The van der Waals surface area contributed by atoms with Gasteiger partial charge in [0.05, 0.1) is 12.1 Å². The van der Waals surface area contributed by atoms with E-state index < -0.39 is 11.7 Å². The van der Waals surface area contributed by atoms with Gasteiger partial charge in [-0.15, -0.1) is 0 Å². The quantitative estimate of drug-likeness (QED) is 0.889. The molecule has 7 heteroatoms. The maximum Gasteiger partial charge on any atom is 0.233 e. The molecule has 0 spiro atoms. The van der Waals surface area contributed by atoms with Crippen LogP contribution in [0.3, 0.4) is 0 Å². The molecule has 0 saturated heterocycles. The number of amides is 2. The normalized spacial score (nSPS) is 19.2. The Morgan fingerprint density at radius 2 is 2.25 bits per heavy atom. The van der Waals surface area contributed by atoms with Crippen LogP contribution in [0.4, 0.5) is 15.9 Å². The van der Waals surface area contributed by atoms with Crippen LogP contribution in [-0.4, -0.2) is 21.4 Å². The van der Waals surface area contributed by atoms with Crippen LogP contribution >= 0.6 is 0 Å². The Balaban J connectivity index is 1.62. The van der Waals surface area contributed by atoms with Crippen LogP contribution in [0, 0.1) is 5.82 Å². The molecule has 1 unspecified atom stereocenters. The molecular weight excluding hydrogens is 311 g/mol. The maximum absolute atomic E-state index is 13.6. The number of hydrogen-bond acceptors (Lipinski definition) is 3. The van der Waals surface area contributed by atoms with Crippen LogP contribution in [0.2, 0.25) is 0 Å². The monoisotopic (exact) mass is 328 g/mol. The number of halogens is 1. The number of rotatable bonds is 2. The number of imidazole rings is 1. The number of nitrogens with one attached hydrogen (secondary N) is 2. The number of hydrogen-bond donors (Lipinski definition) is 2. The fourth-order valence-electron chi connectivity index (χ4n) is 3.40. The molecular formula is C17H17FN4O2. The molecule has 1 aromatic carbocycles. The zero-order valence-electron chi connectivity index (χ0n) is 13.0. The van der Waals surface area contributed by atoms with E-state index in [0.29, 0.717) is 17.1 Å². The average Bonchev–Trinajstić information content (AvgIpc) is 2.98. The van der Waals surface area contributed by atoms with Crippen LogP contribution in [0.25, 0.3) is 0 Å². The third kappa shape index (κ3) is 2.55. The van der Waals surface area contributed by atoms with Gasteiger partial charge >= 0.3 is 0 Å². The summed E-state index contributed by atoms with van der Waals surface area (Å²) in [6.45, 7) is 0.821. The van der Waals surface area contributed by atoms with E-state index in [4.69, 9.17) is 0 Å².